The van der Waals surface area contributed by atoms with Gasteiger partial charge in [-0.05, 0) is 30.7 Å². The van der Waals surface area contributed by atoms with E-state index in [1.807, 2.05) is 0 Å². The summed E-state index contributed by atoms with van der Waals surface area (Å²) in [6.45, 7) is 11.5. The maximum Gasteiger partial charge on any atom is 0.0202 e. The number of rotatable bonds is 3. The van der Waals surface area contributed by atoms with E-state index in [2.05, 4.69) is 57.3 Å². The van der Waals surface area contributed by atoms with Crippen LogP contribution >= 0.6 is 0 Å². The van der Waals surface area contributed by atoms with E-state index in [-0.39, 0.29) is 0 Å². The number of hydrogen-bond acceptors (Lipinski definition) is 1. The summed E-state index contributed by atoms with van der Waals surface area (Å²) >= 11 is 0. The lowest BCUT2D eigenvalue weighted by atomic mass is 9.69. The molecule has 1 aliphatic rings. The van der Waals surface area contributed by atoms with E-state index >= 15 is 0 Å². The van der Waals surface area contributed by atoms with Crippen LogP contribution in [0.15, 0.2) is 24.3 Å². The van der Waals surface area contributed by atoms with Crippen molar-refractivity contribution in [3.8, 4) is 0 Å². The highest BCUT2D eigenvalue weighted by molar-refractivity contribution is 5.32. The molecule has 0 atom stereocenters. The van der Waals surface area contributed by atoms with Gasteiger partial charge in [0.2, 0.25) is 0 Å². The lowest BCUT2D eigenvalue weighted by molar-refractivity contribution is 0.216. The van der Waals surface area contributed by atoms with Gasteiger partial charge in [0.05, 0.1) is 0 Å². The first-order valence-corrected chi connectivity index (χ1v) is 6.69. The topological polar surface area (TPSA) is 12.0 Å². The first kappa shape index (κ1) is 12.6. The van der Waals surface area contributed by atoms with Crippen LogP contribution in [0.1, 0.15) is 44.7 Å². The van der Waals surface area contributed by atoms with Gasteiger partial charge in [-0.3, -0.25) is 0 Å². The van der Waals surface area contributed by atoms with Gasteiger partial charge in [0, 0.05) is 18.5 Å². The van der Waals surface area contributed by atoms with Gasteiger partial charge in [-0.25, -0.2) is 0 Å². The van der Waals surface area contributed by atoms with Crippen molar-refractivity contribution in [2.24, 2.45) is 5.41 Å². The van der Waals surface area contributed by atoms with Crippen LogP contribution in [0.3, 0.4) is 0 Å². The zero-order valence-corrected chi connectivity index (χ0v) is 11.6. The molecule has 1 heterocycles. The molecule has 1 heteroatoms. The highest BCUT2D eigenvalue weighted by atomic mass is 15.0. The van der Waals surface area contributed by atoms with Crippen molar-refractivity contribution >= 4 is 0 Å². The second-order valence-electron chi connectivity index (χ2n) is 6.81. The Morgan fingerprint density at radius 2 is 1.71 bits per heavy atom. The van der Waals surface area contributed by atoms with Crippen molar-refractivity contribution in [3.63, 3.8) is 0 Å². The third-order valence-electron chi connectivity index (χ3n) is 3.94. The minimum atomic E-state index is 0.404. The van der Waals surface area contributed by atoms with Gasteiger partial charge < -0.3 is 5.32 Å². The third-order valence-corrected chi connectivity index (χ3v) is 3.94. The molecular formula is C16H25N. The maximum atomic E-state index is 3.45. The lowest BCUT2D eigenvalue weighted by Crippen LogP contribution is -2.57. The predicted octanol–water partition coefficient (Wildman–Crippen LogP) is 3.66. The van der Waals surface area contributed by atoms with Gasteiger partial charge in [-0.1, -0.05) is 50.6 Å². The fraction of sp³-hybridized carbons (Fsp3) is 0.625. The van der Waals surface area contributed by atoms with Crippen molar-refractivity contribution < 1.29 is 0 Å². The highest BCUT2D eigenvalue weighted by Crippen LogP contribution is 2.37. The molecule has 94 valence electrons. The summed E-state index contributed by atoms with van der Waals surface area (Å²) in [7, 11) is 0. The Labute approximate surface area is 106 Å². The molecule has 0 unspecified atom stereocenters. The predicted molar refractivity (Wildman–Crippen MR) is 74.4 cm³/mol. The van der Waals surface area contributed by atoms with E-state index in [1.54, 1.807) is 0 Å². The molecule has 1 aromatic carbocycles. The fourth-order valence-corrected chi connectivity index (χ4v) is 2.47. The molecule has 0 bridgehead atoms. The number of hydrogen-bond donors (Lipinski definition) is 1. The van der Waals surface area contributed by atoms with Gasteiger partial charge in [0.1, 0.15) is 0 Å². The average Bonchev–Trinajstić information content (AvgIpc) is 2.17. The molecule has 1 fully saturated rings. The Morgan fingerprint density at radius 3 is 2.12 bits per heavy atom. The van der Waals surface area contributed by atoms with E-state index in [9.17, 15) is 0 Å². The van der Waals surface area contributed by atoms with Crippen LogP contribution in [-0.2, 0) is 5.41 Å². The van der Waals surface area contributed by atoms with Crippen molar-refractivity contribution in [2.75, 3.05) is 13.1 Å². The fourth-order valence-electron chi connectivity index (χ4n) is 2.47. The Morgan fingerprint density at radius 1 is 1.12 bits per heavy atom. The first-order chi connectivity index (χ1) is 7.91. The molecule has 0 radical (unpaired) electrons. The highest BCUT2D eigenvalue weighted by Gasteiger charge is 2.38. The molecule has 2 rings (SSSR count). The van der Waals surface area contributed by atoms with E-state index in [4.69, 9.17) is 0 Å². The normalized spacial score (nSPS) is 18.8. The molecule has 1 aromatic rings. The molecular weight excluding hydrogens is 206 g/mol. The molecule has 0 aromatic heterocycles. The van der Waals surface area contributed by atoms with Crippen LogP contribution in [0.2, 0.25) is 0 Å². The van der Waals surface area contributed by atoms with E-state index in [1.165, 1.54) is 24.0 Å². The molecule has 1 saturated heterocycles. The Hall–Kier alpha value is -0.820. The van der Waals surface area contributed by atoms with Gasteiger partial charge in [0.15, 0.2) is 0 Å². The monoisotopic (exact) mass is 231 g/mol. The van der Waals surface area contributed by atoms with Gasteiger partial charge >= 0.3 is 0 Å². The summed E-state index contributed by atoms with van der Waals surface area (Å²) in [6.07, 6.45) is 2.59. The van der Waals surface area contributed by atoms with Crippen LogP contribution in [0.5, 0.6) is 0 Å². The van der Waals surface area contributed by atoms with Gasteiger partial charge in [-0.15, -0.1) is 0 Å². The minimum Gasteiger partial charge on any atom is -0.315 e. The lowest BCUT2D eigenvalue weighted by Gasteiger charge is -2.44. The van der Waals surface area contributed by atoms with E-state index in [0.717, 1.165) is 13.1 Å². The van der Waals surface area contributed by atoms with Crippen molar-refractivity contribution in [1.82, 2.24) is 5.32 Å². The summed E-state index contributed by atoms with van der Waals surface area (Å²) in [6, 6.07) is 9.12. The molecule has 0 aliphatic carbocycles. The summed E-state index contributed by atoms with van der Waals surface area (Å²) in [5, 5.41) is 3.45. The van der Waals surface area contributed by atoms with E-state index < -0.39 is 0 Å². The number of benzene rings is 1. The molecule has 1 aliphatic heterocycles. The molecule has 0 saturated carbocycles. The molecule has 0 amide bonds. The van der Waals surface area contributed by atoms with Crippen LogP contribution in [0, 0.1) is 12.3 Å². The van der Waals surface area contributed by atoms with E-state index in [0.29, 0.717) is 10.8 Å². The minimum absolute atomic E-state index is 0.404. The van der Waals surface area contributed by atoms with Crippen LogP contribution in [0.4, 0.5) is 0 Å². The zero-order chi connectivity index (χ0) is 12.5. The molecule has 1 nitrogen and oxygen atoms in total. The Balaban J connectivity index is 2.11. The van der Waals surface area contributed by atoms with Crippen molar-refractivity contribution in [3.05, 3.63) is 35.4 Å². The number of nitrogens with one attached hydrogen (secondary N) is 1. The van der Waals surface area contributed by atoms with Crippen molar-refractivity contribution in [2.45, 2.75) is 46.0 Å². The zero-order valence-electron chi connectivity index (χ0n) is 11.6. The smallest absolute Gasteiger partial charge is 0.0202 e. The number of aryl methyl sites for hydroxylation is 1. The maximum absolute atomic E-state index is 3.45. The Kier molecular flexibility index (Phi) is 3.31. The summed E-state index contributed by atoms with van der Waals surface area (Å²) in [5.41, 5.74) is 3.71. The summed E-state index contributed by atoms with van der Waals surface area (Å²) in [5.74, 6) is 0. The van der Waals surface area contributed by atoms with Crippen LogP contribution in [0.25, 0.3) is 0 Å². The Bertz CT molecular complexity index is 366. The first-order valence-electron chi connectivity index (χ1n) is 6.69. The van der Waals surface area contributed by atoms with Crippen LogP contribution < -0.4 is 5.32 Å². The SMILES string of the molecule is Cc1ccc(C2(CCC(C)(C)C)CNC2)cc1. The molecule has 17 heavy (non-hydrogen) atoms. The summed E-state index contributed by atoms with van der Waals surface area (Å²) in [4.78, 5) is 0. The largest absolute Gasteiger partial charge is 0.315 e. The standard InChI is InChI=1S/C16H25N/c1-13-5-7-14(8-6-13)16(11-17-12-16)10-9-15(2,3)4/h5-8,17H,9-12H2,1-4H3. The second-order valence-corrected chi connectivity index (χ2v) is 6.81. The molecule has 1 N–H and O–H groups in total. The second kappa shape index (κ2) is 4.45. The third kappa shape index (κ3) is 2.90. The van der Waals surface area contributed by atoms with Crippen molar-refractivity contribution in [1.29, 1.82) is 0 Å². The molecule has 0 spiro atoms. The van der Waals surface area contributed by atoms with Gasteiger partial charge in [-0.2, -0.15) is 0 Å². The summed E-state index contributed by atoms with van der Waals surface area (Å²) < 4.78 is 0. The van der Waals surface area contributed by atoms with Gasteiger partial charge in [0.25, 0.3) is 0 Å². The average molecular weight is 231 g/mol. The van der Waals surface area contributed by atoms with Crippen LogP contribution in [-0.4, -0.2) is 13.1 Å². The quantitative estimate of drug-likeness (QED) is 0.837.